The number of hydrogen-bond donors (Lipinski definition) is 1. The van der Waals surface area contributed by atoms with Gasteiger partial charge in [-0.25, -0.2) is 14.2 Å². The largest absolute Gasteiger partial charge is 0.472 e. The smallest absolute Gasteiger partial charge is 0.410 e. The quantitative estimate of drug-likeness (QED) is 0.217. The van der Waals surface area contributed by atoms with Crippen molar-refractivity contribution in [2.45, 2.75) is 58.4 Å². The molecule has 2 unspecified atom stereocenters. The Hall–Kier alpha value is -2.93. The summed E-state index contributed by atoms with van der Waals surface area (Å²) in [5.74, 6) is 0.164. The van der Waals surface area contributed by atoms with Gasteiger partial charge in [0.2, 0.25) is 5.28 Å². The Morgan fingerprint density at radius 2 is 2.11 bits per heavy atom. The zero-order valence-electron chi connectivity index (χ0n) is 20.3. The fourth-order valence-corrected chi connectivity index (χ4v) is 3.98. The molecular formula is C21H28Cl2FN7O5. The van der Waals surface area contributed by atoms with Crippen molar-refractivity contribution in [3.05, 3.63) is 32.3 Å². The van der Waals surface area contributed by atoms with Gasteiger partial charge in [-0.3, -0.25) is 14.8 Å². The molecule has 2 aromatic heterocycles. The number of nitrogens with zero attached hydrogens (tertiary/aromatic N) is 6. The summed E-state index contributed by atoms with van der Waals surface area (Å²) in [6.07, 6.45) is -0.0851. The average molecular weight is 548 g/mol. The van der Waals surface area contributed by atoms with Crippen LogP contribution in [0.5, 0.6) is 5.88 Å². The van der Waals surface area contributed by atoms with E-state index in [4.69, 9.17) is 32.7 Å². The number of nitrogens with one attached hydrogen (secondary N) is 1. The minimum absolute atomic E-state index is 0.0397. The SMILES string of the molecule is Cc1c([N+](=O)[O-])c(OCCCNc2nc(Cl)ncc2Cl)nn1C1CCN(C(=O)OC(C)(C)C)CC1F. The van der Waals surface area contributed by atoms with Crippen molar-refractivity contribution >= 4 is 40.8 Å². The van der Waals surface area contributed by atoms with E-state index >= 15 is 4.39 Å². The van der Waals surface area contributed by atoms with Crippen LogP contribution in [0.3, 0.4) is 0 Å². The average Bonchev–Trinajstić information content (AvgIpc) is 3.10. The number of alkyl halides is 1. The van der Waals surface area contributed by atoms with Crippen LogP contribution in [-0.2, 0) is 4.74 Å². The third-order valence-electron chi connectivity index (χ3n) is 5.31. The molecule has 1 saturated heterocycles. The third-order valence-corrected chi connectivity index (χ3v) is 5.77. The van der Waals surface area contributed by atoms with E-state index < -0.39 is 28.8 Å². The summed E-state index contributed by atoms with van der Waals surface area (Å²) in [5, 5.41) is 19.2. The molecule has 3 heterocycles. The van der Waals surface area contributed by atoms with E-state index in [0.717, 1.165) is 0 Å². The van der Waals surface area contributed by atoms with Gasteiger partial charge in [-0.1, -0.05) is 11.6 Å². The second-order valence-electron chi connectivity index (χ2n) is 9.20. The van der Waals surface area contributed by atoms with E-state index in [0.29, 0.717) is 23.8 Å². The van der Waals surface area contributed by atoms with Gasteiger partial charge in [0.15, 0.2) is 0 Å². The summed E-state index contributed by atoms with van der Waals surface area (Å²) in [5.41, 5.74) is -0.848. The minimum Gasteiger partial charge on any atom is -0.472 e. The standard InChI is InChI=1S/C21H28Cl2FN7O5/c1-12-16(31(33)34)18(35-9-5-7-25-17-13(22)10-26-19(23)27-17)28-30(12)15-6-8-29(11-14(15)24)20(32)36-21(2,3)4/h10,14-15H,5-9,11H2,1-4H3,(H,25,26,27). The molecule has 12 nitrogen and oxygen atoms in total. The van der Waals surface area contributed by atoms with Gasteiger partial charge in [-0.2, -0.15) is 4.98 Å². The van der Waals surface area contributed by atoms with E-state index in [1.54, 1.807) is 20.8 Å². The maximum absolute atomic E-state index is 15.1. The lowest BCUT2D eigenvalue weighted by Crippen LogP contribution is -2.47. The van der Waals surface area contributed by atoms with Gasteiger partial charge in [0.25, 0.3) is 0 Å². The molecule has 2 aromatic rings. The molecule has 0 spiro atoms. The fourth-order valence-electron chi connectivity index (χ4n) is 3.69. The van der Waals surface area contributed by atoms with Crippen LogP contribution < -0.4 is 10.1 Å². The summed E-state index contributed by atoms with van der Waals surface area (Å²) in [4.78, 5) is 32.4. The fraction of sp³-hybridized carbons (Fsp3) is 0.619. The number of aromatic nitrogens is 4. The molecule has 1 aliphatic rings. The summed E-state index contributed by atoms with van der Waals surface area (Å²) in [6.45, 7) is 7.19. The molecule has 0 saturated carbocycles. The van der Waals surface area contributed by atoms with Crippen molar-refractivity contribution < 1.29 is 23.6 Å². The number of anilines is 1. The molecule has 0 radical (unpaired) electrons. The Labute approximate surface area is 217 Å². The number of carbonyl (C=O) groups excluding carboxylic acids is 1. The topological polar surface area (TPSA) is 138 Å². The predicted molar refractivity (Wildman–Crippen MR) is 131 cm³/mol. The molecule has 1 N–H and O–H groups in total. The Morgan fingerprint density at radius 1 is 1.39 bits per heavy atom. The number of nitro groups is 1. The Morgan fingerprint density at radius 3 is 2.75 bits per heavy atom. The van der Waals surface area contributed by atoms with Crippen LogP contribution in [0.25, 0.3) is 0 Å². The summed E-state index contributed by atoms with van der Waals surface area (Å²) < 4.78 is 27.3. The van der Waals surface area contributed by atoms with Gasteiger partial charge in [0.05, 0.1) is 30.3 Å². The number of likely N-dealkylation sites (tertiary alicyclic amines) is 1. The van der Waals surface area contributed by atoms with Gasteiger partial charge < -0.3 is 19.7 Å². The molecule has 198 valence electrons. The van der Waals surface area contributed by atoms with E-state index in [2.05, 4.69) is 20.4 Å². The van der Waals surface area contributed by atoms with Crippen LogP contribution in [0.2, 0.25) is 10.3 Å². The number of piperidine rings is 1. The number of halogens is 3. The van der Waals surface area contributed by atoms with Crippen molar-refractivity contribution in [3.63, 3.8) is 0 Å². The second-order valence-corrected chi connectivity index (χ2v) is 9.95. The van der Waals surface area contributed by atoms with E-state index in [1.165, 1.54) is 22.7 Å². The molecule has 1 fully saturated rings. The van der Waals surface area contributed by atoms with Gasteiger partial charge in [0.1, 0.15) is 28.3 Å². The zero-order chi connectivity index (χ0) is 26.6. The highest BCUT2D eigenvalue weighted by Gasteiger charge is 2.38. The lowest BCUT2D eigenvalue weighted by Gasteiger charge is -2.35. The van der Waals surface area contributed by atoms with Crippen molar-refractivity contribution in [2.24, 2.45) is 0 Å². The van der Waals surface area contributed by atoms with E-state index in [-0.39, 0.29) is 48.7 Å². The maximum atomic E-state index is 15.1. The van der Waals surface area contributed by atoms with Crippen LogP contribution in [0.1, 0.15) is 45.3 Å². The van der Waals surface area contributed by atoms with E-state index in [9.17, 15) is 14.9 Å². The number of carbonyl (C=O) groups is 1. The summed E-state index contributed by atoms with van der Waals surface area (Å²) >= 11 is 11.7. The highest BCUT2D eigenvalue weighted by molar-refractivity contribution is 6.33. The Bertz CT molecular complexity index is 1110. The van der Waals surface area contributed by atoms with Crippen molar-refractivity contribution in [1.82, 2.24) is 24.6 Å². The normalized spacial score (nSPS) is 18.1. The van der Waals surface area contributed by atoms with Gasteiger partial charge in [0, 0.05) is 13.1 Å². The predicted octanol–water partition coefficient (Wildman–Crippen LogP) is 4.60. The molecule has 1 amide bonds. The lowest BCUT2D eigenvalue weighted by atomic mass is 10.0. The summed E-state index contributed by atoms with van der Waals surface area (Å²) in [7, 11) is 0. The van der Waals surface area contributed by atoms with Crippen LogP contribution in [0.15, 0.2) is 6.20 Å². The zero-order valence-corrected chi connectivity index (χ0v) is 21.8. The number of amides is 1. The lowest BCUT2D eigenvalue weighted by molar-refractivity contribution is -0.386. The Kier molecular flexibility index (Phi) is 8.77. The van der Waals surface area contributed by atoms with Crippen molar-refractivity contribution in [1.29, 1.82) is 0 Å². The van der Waals surface area contributed by atoms with Crippen molar-refractivity contribution in [2.75, 3.05) is 31.6 Å². The molecule has 2 atom stereocenters. The van der Waals surface area contributed by atoms with Crippen LogP contribution in [-0.4, -0.2) is 73.7 Å². The first-order valence-electron chi connectivity index (χ1n) is 11.3. The number of rotatable bonds is 8. The Balaban J connectivity index is 1.62. The van der Waals surface area contributed by atoms with Crippen LogP contribution in [0, 0.1) is 17.0 Å². The highest BCUT2D eigenvalue weighted by atomic mass is 35.5. The molecule has 0 bridgehead atoms. The monoisotopic (exact) mass is 547 g/mol. The van der Waals surface area contributed by atoms with E-state index in [1.807, 2.05) is 0 Å². The van der Waals surface area contributed by atoms with Crippen LogP contribution >= 0.6 is 23.2 Å². The molecule has 0 aliphatic carbocycles. The van der Waals surface area contributed by atoms with Crippen LogP contribution in [0.4, 0.5) is 20.7 Å². The van der Waals surface area contributed by atoms with Gasteiger partial charge >= 0.3 is 17.7 Å². The summed E-state index contributed by atoms with van der Waals surface area (Å²) in [6, 6.07) is -0.786. The maximum Gasteiger partial charge on any atom is 0.410 e. The third kappa shape index (κ3) is 6.84. The molecular weight excluding hydrogens is 520 g/mol. The first-order chi connectivity index (χ1) is 16.9. The minimum atomic E-state index is -1.49. The first kappa shape index (κ1) is 27.7. The number of hydrogen-bond acceptors (Lipinski definition) is 9. The first-order valence-corrected chi connectivity index (χ1v) is 12.0. The molecule has 1 aliphatic heterocycles. The van der Waals surface area contributed by atoms with Gasteiger partial charge in [-0.15, -0.1) is 5.10 Å². The van der Waals surface area contributed by atoms with Crippen molar-refractivity contribution in [3.8, 4) is 5.88 Å². The van der Waals surface area contributed by atoms with Gasteiger partial charge in [-0.05, 0) is 52.1 Å². The number of ether oxygens (including phenoxy) is 2. The molecule has 3 rings (SSSR count). The molecule has 0 aromatic carbocycles. The molecule has 15 heteroatoms. The molecule has 36 heavy (non-hydrogen) atoms. The second kappa shape index (κ2) is 11.4. The highest BCUT2D eigenvalue weighted by Crippen LogP contribution is 2.35.